The molecule has 0 atom stereocenters. The van der Waals surface area contributed by atoms with Crippen molar-refractivity contribution in [3.63, 3.8) is 0 Å². The summed E-state index contributed by atoms with van der Waals surface area (Å²) >= 11 is 6.19. The van der Waals surface area contributed by atoms with Gasteiger partial charge in [-0.2, -0.15) is 0 Å². The van der Waals surface area contributed by atoms with Gasteiger partial charge in [0.25, 0.3) is 5.56 Å². The zero-order valence-corrected chi connectivity index (χ0v) is 13.7. The number of amides is 2. The Hall–Kier alpha value is -2.34. The number of nitrogens with two attached hydrogens (primary N) is 1. The number of pyridine rings is 1. The summed E-state index contributed by atoms with van der Waals surface area (Å²) in [5, 5.41) is 4.33. The molecule has 6 nitrogen and oxygen atoms in total. The molecule has 1 heterocycles. The minimum absolute atomic E-state index is 0.121. The molecule has 1 aromatic carbocycles. The summed E-state index contributed by atoms with van der Waals surface area (Å²) in [5.74, 6) is -0.711. The fraction of sp³-hybridized carbons (Fsp3) is 0.353. The van der Waals surface area contributed by atoms with Gasteiger partial charge < -0.3 is 16.0 Å². The molecule has 1 aliphatic carbocycles. The quantitative estimate of drug-likeness (QED) is 0.793. The third-order valence-corrected chi connectivity index (χ3v) is 4.93. The molecular formula is C17H18ClN3O3. The van der Waals surface area contributed by atoms with Crippen LogP contribution >= 0.6 is 11.6 Å². The van der Waals surface area contributed by atoms with Gasteiger partial charge in [-0.25, -0.2) is 0 Å². The normalized spacial score (nSPS) is 20.7. The molecule has 2 amide bonds. The van der Waals surface area contributed by atoms with Crippen LogP contribution in [-0.2, 0) is 9.59 Å². The fourth-order valence-electron chi connectivity index (χ4n) is 3.18. The Morgan fingerprint density at radius 1 is 1.17 bits per heavy atom. The van der Waals surface area contributed by atoms with E-state index in [2.05, 4.69) is 10.3 Å². The van der Waals surface area contributed by atoms with Gasteiger partial charge in [-0.05, 0) is 49.3 Å². The first-order valence-electron chi connectivity index (χ1n) is 7.87. The van der Waals surface area contributed by atoms with Crippen molar-refractivity contribution in [1.82, 2.24) is 4.98 Å². The first kappa shape index (κ1) is 16.5. The molecule has 2 aromatic rings. The average molecular weight is 348 g/mol. The Morgan fingerprint density at radius 2 is 1.83 bits per heavy atom. The molecule has 7 heteroatoms. The summed E-state index contributed by atoms with van der Waals surface area (Å²) < 4.78 is 0. The van der Waals surface area contributed by atoms with Gasteiger partial charge in [0.05, 0.1) is 10.7 Å². The molecule has 1 aliphatic rings. The van der Waals surface area contributed by atoms with Crippen LogP contribution in [0.25, 0.3) is 10.8 Å². The third-order valence-electron chi connectivity index (χ3n) is 4.62. The second-order valence-electron chi connectivity index (χ2n) is 6.17. The summed E-state index contributed by atoms with van der Waals surface area (Å²) in [4.78, 5) is 38.0. The van der Waals surface area contributed by atoms with Crippen LogP contribution in [0.3, 0.4) is 0 Å². The summed E-state index contributed by atoms with van der Waals surface area (Å²) in [6.45, 7) is 0. The van der Waals surface area contributed by atoms with E-state index in [1.807, 2.05) is 0 Å². The number of nitrogens with one attached hydrogen (secondary N) is 2. The number of anilines is 1. The van der Waals surface area contributed by atoms with Crippen molar-refractivity contribution in [3.8, 4) is 0 Å². The number of rotatable bonds is 3. The van der Waals surface area contributed by atoms with Gasteiger partial charge in [0.1, 0.15) is 0 Å². The number of primary amides is 1. The molecule has 0 aliphatic heterocycles. The van der Waals surface area contributed by atoms with E-state index in [1.54, 1.807) is 24.4 Å². The van der Waals surface area contributed by atoms with Gasteiger partial charge >= 0.3 is 0 Å². The zero-order valence-electron chi connectivity index (χ0n) is 13.0. The van der Waals surface area contributed by atoms with Crippen molar-refractivity contribution in [3.05, 3.63) is 39.8 Å². The predicted octanol–water partition coefficient (Wildman–Crippen LogP) is 2.41. The molecule has 0 radical (unpaired) electrons. The van der Waals surface area contributed by atoms with Crippen LogP contribution in [0.5, 0.6) is 0 Å². The number of H-pyrrole nitrogens is 1. The first-order valence-corrected chi connectivity index (χ1v) is 8.24. The number of hydrogen-bond donors (Lipinski definition) is 3. The molecule has 1 aromatic heterocycles. The van der Waals surface area contributed by atoms with Crippen LogP contribution in [-0.4, -0.2) is 16.8 Å². The van der Waals surface area contributed by atoms with Gasteiger partial charge in [0, 0.05) is 23.4 Å². The second-order valence-corrected chi connectivity index (χ2v) is 6.57. The Morgan fingerprint density at radius 3 is 2.50 bits per heavy atom. The standard InChI is InChI=1S/C17H18ClN3O3/c18-13-8-12-11(5-6-20-17(12)24)7-14(13)21-16(23)10-3-1-9(2-4-10)15(19)22/h5-10H,1-4H2,(H2,19,22)(H,20,24)(H,21,23). The molecular weight excluding hydrogens is 330 g/mol. The van der Waals surface area contributed by atoms with Crippen molar-refractivity contribution >= 4 is 39.9 Å². The van der Waals surface area contributed by atoms with E-state index in [1.165, 1.54) is 0 Å². The number of fused-ring (bicyclic) bond motifs is 1. The molecule has 126 valence electrons. The number of carbonyl (C=O) groups is 2. The van der Waals surface area contributed by atoms with Crippen molar-refractivity contribution < 1.29 is 9.59 Å². The van der Waals surface area contributed by atoms with E-state index in [0.717, 1.165) is 0 Å². The molecule has 0 saturated heterocycles. The van der Waals surface area contributed by atoms with E-state index in [4.69, 9.17) is 17.3 Å². The van der Waals surface area contributed by atoms with Crippen molar-refractivity contribution in [2.24, 2.45) is 17.6 Å². The van der Waals surface area contributed by atoms with E-state index < -0.39 is 0 Å². The Labute approximate surface area is 143 Å². The van der Waals surface area contributed by atoms with Crippen LogP contribution in [0.2, 0.25) is 5.02 Å². The topological polar surface area (TPSA) is 105 Å². The number of aromatic nitrogens is 1. The monoisotopic (exact) mass is 347 g/mol. The highest BCUT2D eigenvalue weighted by Crippen LogP contribution is 2.31. The minimum Gasteiger partial charge on any atom is -0.369 e. The van der Waals surface area contributed by atoms with E-state index in [0.29, 0.717) is 47.2 Å². The Kier molecular flexibility index (Phi) is 4.57. The largest absolute Gasteiger partial charge is 0.369 e. The number of aromatic amines is 1. The van der Waals surface area contributed by atoms with Crippen molar-refractivity contribution in [2.75, 3.05) is 5.32 Å². The lowest BCUT2D eigenvalue weighted by atomic mass is 9.81. The SMILES string of the molecule is NC(=O)C1CCC(C(=O)Nc2cc3cc[nH]c(=O)c3cc2Cl)CC1. The number of halogens is 1. The molecule has 1 fully saturated rings. The molecule has 3 rings (SSSR count). The summed E-state index contributed by atoms with van der Waals surface area (Å²) in [7, 11) is 0. The highest BCUT2D eigenvalue weighted by atomic mass is 35.5. The van der Waals surface area contributed by atoms with E-state index in [9.17, 15) is 14.4 Å². The fourth-order valence-corrected chi connectivity index (χ4v) is 3.39. The third kappa shape index (κ3) is 3.28. The average Bonchev–Trinajstić information content (AvgIpc) is 2.56. The van der Waals surface area contributed by atoms with E-state index in [-0.39, 0.29) is 29.2 Å². The van der Waals surface area contributed by atoms with Crippen LogP contribution < -0.4 is 16.6 Å². The summed E-state index contributed by atoms with van der Waals surface area (Å²) in [5.41, 5.74) is 5.57. The molecule has 0 bridgehead atoms. The Bertz CT molecular complexity index is 854. The molecule has 24 heavy (non-hydrogen) atoms. The summed E-state index contributed by atoms with van der Waals surface area (Å²) in [6, 6.07) is 5.00. The molecule has 1 saturated carbocycles. The number of hydrogen-bond acceptors (Lipinski definition) is 3. The minimum atomic E-state index is -0.295. The molecule has 4 N–H and O–H groups in total. The molecule has 0 spiro atoms. The van der Waals surface area contributed by atoms with Gasteiger partial charge in [0.2, 0.25) is 11.8 Å². The first-order chi connectivity index (χ1) is 11.5. The second kappa shape index (κ2) is 6.65. The van der Waals surface area contributed by atoms with Crippen LogP contribution in [0.15, 0.2) is 29.2 Å². The highest BCUT2D eigenvalue weighted by Gasteiger charge is 2.29. The maximum Gasteiger partial charge on any atom is 0.255 e. The summed E-state index contributed by atoms with van der Waals surface area (Å²) in [6.07, 6.45) is 4.08. The van der Waals surface area contributed by atoms with E-state index >= 15 is 0 Å². The lowest BCUT2D eigenvalue weighted by Gasteiger charge is -2.26. The lowest BCUT2D eigenvalue weighted by molar-refractivity contribution is -0.126. The smallest absolute Gasteiger partial charge is 0.255 e. The zero-order chi connectivity index (χ0) is 17.3. The maximum atomic E-state index is 12.4. The van der Waals surface area contributed by atoms with Crippen LogP contribution in [0.1, 0.15) is 25.7 Å². The number of benzene rings is 1. The lowest BCUT2D eigenvalue weighted by Crippen LogP contribution is -2.32. The molecule has 0 unspecified atom stereocenters. The van der Waals surface area contributed by atoms with Crippen LogP contribution in [0, 0.1) is 11.8 Å². The van der Waals surface area contributed by atoms with Crippen molar-refractivity contribution in [1.29, 1.82) is 0 Å². The van der Waals surface area contributed by atoms with Crippen LogP contribution in [0.4, 0.5) is 5.69 Å². The van der Waals surface area contributed by atoms with Gasteiger partial charge in [-0.1, -0.05) is 11.6 Å². The predicted molar refractivity (Wildman–Crippen MR) is 92.9 cm³/mol. The highest BCUT2D eigenvalue weighted by molar-refractivity contribution is 6.34. The Balaban J connectivity index is 1.75. The number of carbonyl (C=O) groups excluding carboxylic acids is 2. The van der Waals surface area contributed by atoms with Crippen molar-refractivity contribution in [2.45, 2.75) is 25.7 Å². The van der Waals surface area contributed by atoms with Gasteiger partial charge in [0.15, 0.2) is 0 Å². The van der Waals surface area contributed by atoms with Gasteiger partial charge in [-0.15, -0.1) is 0 Å². The maximum absolute atomic E-state index is 12.4. The van der Waals surface area contributed by atoms with Gasteiger partial charge in [-0.3, -0.25) is 14.4 Å².